The van der Waals surface area contributed by atoms with Crippen LogP contribution in [-0.2, 0) is 40.7 Å². The van der Waals surface area contributed by atoms with Crippen LogP contribution in [0.25, 0.3) is 0 Å². The van der Waals surface area contributed by atoms with E-state index in [4.69, 9.17) is 29.4 Å². The van der Waals surface area contributed by atoms with Crippen molar-refractivity contribution >= 4 is 41.2 Å². The Hall–Kier alpha value is 0.903. The van der Waals surface area contributed by atoms with Crippen LogP contribution in [0.5, 0.6) is 0 Å². The van der Waals surface area contributed by atoms with E-state index in [-0.39, 0.29) is 0 Å². The van der Waals surface area contributed by atoms with E-state index in [1.807, 2.05) is 0 Å². The molecular weight excluding hydrogens is 552 g/mol. The molecule has 0 bridgehead atoms. The summed E-state index contributed by atoms with van der Waals surface area (Å²) in [6, 6.07) is 11.2. The molecule has 0 saturated heterocycles. The third-order valence-electron chi connectivity index (χ3n) is 4.91. The van der Waals surface area contributed by atoms with Crippen molar-refractivity contribution in [2.45, 2.75) is 102 Å². The molecule has 0 amide bonds. The second-order valence-electron chi connectivity index (χ2n) is 8.21. The molecule has 0 aliphatic heterocycles. The van der Waals surface area contributed by atoms with E-state index in [2.05, 4.69) is 60.9 Å². The summed E-state index contributed by atoms with van der Waals surface area (Å²) in [7, 11) is 0. The first-order valence-electron chi connectivity index (χ1n) is 12.0. The fraction of sp³-hybridized carbons (Fsp3) is 0.727. The van der Waals surface area contributed by atoms with Gasteiger partial charge in [-0.1, -0.05) is 26.2 Å². The summed E-state index contributed by atoms with van der Waals surface area (Å²) in [5.74, 6) is 0. The van der Waals surface area contributed by atoms with Gasteiger partial charge in [0.05, 0.1) is 0 Å². The topological polar surface area (TPSA) is 121 Å². The van der Waals surface area contributed by atoms with Gasteiger partial charge in [0.25, 0.3) is 0 Å². The molecule has 0 aromatic heterocycles. The van der Waals surface area contributed by atoms with E-state index in [0.29, 0.717) is 0 Å². The van der Waals surface area contributed by atoms with Crippen LogP contribution in [0.4, 0.5) is 0 Å². The Morgan fingerprint density at radius 3 is 1.21 bits per heavy atom. The average Bonchev–Trinajstić information content (AvgIpc) is 2.69. The first kappa shape index (κ1) is 36.1. The van der Waals surface area contributed by atoms with Crippen molar-refractivity contribution in [1.82, 2.24) is 0 Å². The van der Waals surface area contributed by atoms with Crippen LogP contribution in [0, 0.1) is 0 Å². The van der Waals surface area contributed by atoms with Crippen LogP contribution in [0.1, 0.15) is 96.8 Å². The first-order chi connectivity index (χ1) is 15.4. The zero-order valence-electron chi connectivity index (χ0n) is 20.1. The SMILES string of the molecule is CCCCCCCCCCCCCCC[CH2][Zn][c]1ccccc1.OP(O)(O)=S.OP(O)(O)=S. The minimum absolute atomic E-state index is 0.406. The summed E-state index contributed by atoms with van der Waals surface area (Å²) >= 11 is 6.80. The first-order valence-corrected chi connectivity index (χ1v) is 20.9. The monoisotopic (exact) mass is 594 g/mol. The molecule has 0 atom stereocenters. The quantitative estimate of drug-likeness (QED) is 0.0821. The second kappa shape index (κ2) is 24.6. The van der Waals surface area contributed by atoms with Crippen LogP contribution < -0.4 is 4.16 Å². The largest absolute Gasteiger partial charge is 0.325 e. The molecule has 0 aliphatic carbocycles. The van der Waals surface area contributed by atoms with Gasteiger partial charge in [0, 0.05) is 0 Å². The predicted molar refractivity (Wildman–Crippen MR) is 143 cm³/mol. The molecule has 1 rings (SSSR count). The zero-order chi connectivity index (χ0) is 25.4. The third-order valence-corrected chi connectivity index (χ3v) is 8.90. The summed E-state index contributed by atoms with van der Waals surface area (Å²) in [4.78, 5) is 45.3. The fourth-order valence-electron chi connectivity index (χ4n) is 3.35. The molecule has 6 N–H and O–H groups in total. The average molecular weight is 596 g/mol. The summed E-state index contributed by atoms with van der Waals surface area (Å²) in [5.41, 5.74) is 0. The number of unbranched alkanes of at least 4 members (excludes halogenated alkanes) is 13. The molecule has 192 valence electrons. The maximum atomic E-state index is 7.56. The molecule has 0 radical (unpaired) electrons. The van der Waals surface area contributed by atoms with Crippen molar-refractivity contribution in [3.8, 4) is 0 Å². The minimum Gasteiger partial charge on any atom is -0.325 e. The van der Waals surface area contributed by atoms with Crippen molar-refractivity contribution in [2.24, 2.45) is 0 Å². The molecule has 6 nitrogen and oxygen atoms in total. The molecule has 0 spiro atoms. The Kier molecular flexibility index (Phi) is 26.9. The fourth-order valence-corrected chi connectivity index (χ4v) is 6.74. The molecule has 0 unspecified atom stereocenters. The third kappa shape index (κ3) is 46.8. The van der Waals surface area contributed by atoms with E-state index in [1.54, 1.807) is 9.17 Å². The zero-order valence-corrected chi connectivity index (χ0v) is 26.5. The number of hydrogen-bond donors (Lipinski definition) is 6. The van der Waals surface area contributed by atoms with Gasteiger partial charge >= 0.3 is 141 Å². The van der Waals surface area contributed by atoms with Gasteiger partial charge < -0.3 is 29.4 Å². The van der Waals surface area contributed by atoms with E-state index in [1.165, 1.54) is 89.9 Å². The number of benzene rings is 1. The molecule has 1 aromatic rings. The molecule has 0 heterocycles. The van der Waals surface area contributed by atoms with Crippen LogP contribution in [0.15, 0.2) is 30.3 Å². The summed E-state index contributed by atoms with van der Waals surface area (Å²) in [5, 5.41) is 1.55. The maximum Gasteiger partial charge on any atom is 0.319 e. The molecule has 0 fully saturated rings. The van der Waals surface area contributed by atoms with Gasteiger partial charge in [-0.2, -0.15) is 0 Å². The van der Waals surface area contributed by atoms with Crippen LogP contribution in [-0.4, -0.2) is 29.4 Å². The van der Waals surface area contributed by atoms with Gasteiger partial charge in [0.2, 0.25) is 0 Å². The van der Waals surface area contributed by atoms with Crippen molar-refractivity contribution in [1.29, 1.82) is 0 Å². The van der Waals surface area contributed by atoms with Gasteiger partial charge in [-0.05, 0) is 23.6 Å². The van der Waals surface area contributed by atoms with Gasteiger partial charge in [0.15, 0.2) is 0 Å². The van der Waals surface area contributed by atoms with Crippen molar-refractivity contribution < 1.29 is 46.5 Å². The van der Waals surface area contributed by atoms with Crippen LogP contribution in [0.3, 0.4) is 0 Å². The Labute approximate surface area is 219 Å². The summed E-state index contributed by atoms with van der Waals surface area (Å²) in [6.07, 6.45) is 20.6. The Balaban J connectivity index is 0. The van der Waals surface area contributed by atoms with Gasteiger partial charge in [0.1, 0.15) is 0 Å². The minimum atomic E-state index is -3.81. The van der Waals surface area contributed by atoms with Crippen LogP contribution >= 0.6 is 13.4 Å². The Morgan fingerprint density at radius 1 is 0.576 bits per heavy atom. The van der Waals surface area contributed by atoms with Gasteiger partial charge in [-0.15, -0.1) is 0 Å². The Morgan fingerprint density at radius 2 is 0.879 bits per heavy atom. The maximum absolute atomic E-state index is 7.56. The molecule has 0 saturated carbocycles. The Bertz CT molecular complexity index is 592. The normalized spacial score (nSPS) is 11.0. The van der Waals surface area contributed by atoms with E-state index >= 15 is 0 Å². The van der Waals surface area contributed by atoms with E-state index in [9.17, 15) is 0 Å². The second-order valence-corrected chi connectivity index (χ2v) is 17.5. The molecule has 0 aliphatic rings. The van der Waals surface area contributed by atoms with Gasteiger partial charge in [-0.25, -0.2) is 0 Å². The van der Waals surface area contributed by atoms with Crippen molar-refractivity contribution in [3.63, 3.8) is 0 Å². The van der Waals surface area contributed by atoms with E-state index < -0.39 is 30.6 Å². The molecule has 33 heavy (non-hydrogen) atoms. The predicted octanol–water partition coefficient (Wildman–Crippen LogP) is 5.67. The number of rotatable bonds is 16. The van der Waals surface area contributed by atoms with Crippen molar-refractivity contribution in [3.05, 3.63) is 30.3 Å². The molecule has 11 heteroatoms. The van der Waals surface area contributed by atoms with Gasteiger partial charge in [-0.3, -0.25) is 0 Å². The van der Waals surface area contributed by atoms with Crippen molar-refractivity contribution in [2.75, 3.05) is 0 Å². The summed E-state index contributed by atoms with van der Waals surface area (Å²) < 4.78 is 1.69. The van der Waals surface area contributed by atoms with E-state index in [0.717, 1.165) is 0 Å². The standard InChI is InChI=1S/C16H33.C6H5.2H3O3PS.Zn/c1-3-5-7-9-11-13-15-16-14-12-10-8-6-4-2;1-2-4-6-5-3-1;2*1-4(2,3)5;/h1,3-16H2,2H3;1-5H;2*(H3,1,2,3,5);. The molecular formula is C22H44O6P2S2Zn. The summed E-state index contributed by atoms with van der Waals surface area (Å²) in [6.45, 7) is -5.31. The number of hydrogen-bond acceptors (Lipinski definition) is 2. The smallest absolute Gasteiger partial charge is 0.319 e. The van der Waals surface area contributed by atoms with Crippen LogP contribution in [0.2, 0.25) is 5.02 Å². The molecule has 1 aromatic carbocycles.